The van der Waals surface area contributed by atoms with Gasteiger partial charge in [-0.05, 0) is 48.3 Å². The van der Waals surface area contributed by atoms with Crippen LogP contribution in [0.4, 0.5) is 0 Å². The number of hydrogen-bond donors (Lipinski definition) is 0. The van der Waals surface area contributed by atoms with Crippen LogP contribution in [-0.4, -0.2) is 9.78 Å². The number of hydrogen-bond acceptors (Lipinski definition) is 2. The van der Waals surface area contributed by atoms with E-state index < -0.39 is 0 Å². The van der Waals surface area contributed by atoms with Gasteiger partial charge in [0.05, 0.1) is 15.9 Å². The minimum Gasteiger partial charge on any atom is -0.268 e. The van der Waals surface area contributed by atoms with E-state index >= 15 is 0 Å². The second kappa shape index (κ2) is 6.62. The quantitative estimate of drug-likeness (QED) is 0.726. The Morgan fingerprint density at radius 2 is 1.89 bits per heavy atom. The fraction of sp³-hybridized carbons (Fsp3) is 0.400. The van der Waals surface area contributed by atoms with Gasteiger partial charge in [-0.25, -0.2) is 0 Å². The Labute approximate surface area is 127 Å². The van der Waals surface area contributed by atoms with Gasteiger partial charge >= 0.3 is 0 Å². The van der Waals surface area contributed by atoms with E-state index in [1.54, 1.807) is 0 Å². The minimum absolute atomic E-state index is 0.919. The summed E-state index contributed by atoms with van der Waals surface area (Å²) in [6.45, 7) is 7.32. The van der Waals surface area contributed by atoms with E-state index in [1.807, 2.05) is 11.8 Å². The molecule has 1 aromatic heterocycles. The number of halogens is 1. The van der Waals surface area contributed by atoms with Crippen LogP contribution in [0, 0.1) is 6.92 Å². The van der Waals surface area contributed by atoms with Gasteiger partial charge in [0.1, 0.15) is 0 Å². The van der Waals surface area contributed by atoms with Crippen molar-refractivity contribution in [3.05, 3.63) is 45.7 Å². The molecule has 0 aliphatic carbocycles. The van der Waals surface area contributed by atoms with Gasteiger partial charge in [0.2, 0.25) is 0 Å². The zero-order chi connectivity index (χ0) is 13.8. The first-order valence-corrected chi connectivity index (χ1v) is 8.37. The van der Waals surface area contributed by atoms with Gasteiger partial charge in [0, 0.05) is 17.2 Å². The van der Waals surface area contributed by atoms with Crippen LogP contribution in [0.3, 0.4) is 0 Å². The van der Waals surface area contributed by atoms with E-state index in [1.165, 1.54) is 20.6 Å². The van der Waals surface area contributed by atoms with Gasteiger partial charge in [-0.2, -0.15) is 5.10 Å². The van der Waals surface area contributed by atoms with Crippen molar-refractivity contribution < 1.29 is 0 Å². The third-order valence-electron chi connectivity index (χ3n) is 3.09. The summed E-state index contributed by atoms with van der Waals surface area (Å²) >= 11 is 5.55. The van der Waals surface area contributed by atoms with Crippen LogP contribution in [-0.2, 0) is 18.7 Å². The number of aromatic nitrogens is 2. The molecule has 0 saturated heterocycles. The first kappa shape index (κ1) is 14.7. The number of benzene rings is 1. The molecule has 0 N–H and O–H groups in total. The van der Waals surface area contributed by atoms with Gasteiger partial charge in [-0.15, -0.1) is 11.8 Å². The summed E-state index contributed by atoms with van der Waals surface area (Å²) in [5, 5.41) is 4.63. The topological polar surface area (TPSA) is 17.8 Å². The van der Waals surface area contributed by atoms with Crippen molar-refractivity contribution in [1.29, 1.82) is 0 Å². The van der Waals surface area contributed by atoms with E-state index in [0.717, 1.165) is 24.4 Å². The summed E-state index contributed by atoms with van der Waals surface area (Å²) in [4.78, 5) is 1.31. The molecule has 2 nitrogen and oxygen atoms in total. The van der Waals surface area contributed by atoms with Crippen LogP contribution in [0.15, 0.2) is 33.6 Å². The summed E-state index contributed by atoms with van der Waals surface area (Å²) in [6.07, 6.45) is 0.968. The van der Waals surface area contributed by atoms with Gasteiger partial charge in [-0.1, -0.05) is 24.6 Å². The highest BCUT2D eigenvalue weighted by Gasteiger charge is 2.13. The Hall–Kier alpha value is -0.740. The van der Waals surface area contributed by atoms with E-state index in [4.69, 9.17) is 0 Å². The molecular formula is C15H19BrN2S. The molecule has 0 atom stereocenters. The number of nitrogens with zero attached hydrogens (tertiary/aromatic N) is 2. The average Bonchev–Trinajstić information content (AvgIpc) is 2.74. The maximum Gasteiger partial charge on any atom is 0.0767 e. The Morgan fingerprint density at radius 3 is 2.47 bits per heavy atom. The molecule has 0 unspecified atom stereocenters. The third-order valence-corrected chi connectivity index (χ3v) is 5.03. The molecule has 2 aromatic rings. The van der Waals surface area contributed by atoms with Gasteiger partial charge < -0.3 is 0 Å². The van der Waals surface area contributed by atoms with E-state index in [9.17, 15) is 0 Å². The van der Waals surface area contributed by atoms with Crippen molar-refractivity contribution in [3.8, 4) is 0 Å². The Kier molecular flexibility index (Phi) is 5.11. The maximum absolute atomic E-state index is 4.63. The molecule has 0 saturated carbocycles. The second-order valence-corrected chi connectivity index (χ2v) is 6.32. The highest BCUT2D eigenvalue weighted by atomic mass is 79.9. The minimum atomic E-state index is 0.919. The average molecular weight is 339 g/mol. The van der Waals surface area contributed by atoms with Crippen LogP contribution in [0.2, 0.25) is 0 Å². The summed E-state index contributed by atoms with van der Waals surface area (Å²) in [5.41, 5.74) is 3.74. The summed E-state index contributed by atoms with van der Waals surface area (Å²) < 4.78 is 3.28. The molecule has 1 heterocycles. The van der Waals surface area contributed by atoms with Gasteiger partial charge in [-0.3, -0.25) is 4.68 Å². The van der Waals surface area contributed by atoms with Crippen molar-refractivity contribution in [2.24, 2.45) is 0 Å². The SMILES string of the molecule is CCc1nn(CC)c(CSc2ccc(C)cc2)c1Br. The molecule has 4 heteroatoms. The lowest BCUT2D eigenvalue weighted by Crippen LogP contribution is -2.01. The fourth-order valence-corrected chi connectivity index (χ4v) is 3.76. The Balaban J connectivity index is 2.14. The number of thioether (sulfide) groups is 1. The first-order chi connectivity index (χ1) is 9.15. The van der Waals surface area contributed by atoms with E-state index in [2.05, 4.69) is 70.7 Å². The van der Waals surface area contributed by atoms with E-state index in [-0.39, 0.29) is 0 Å². The van der Waals surface area contributed by atoms with Crippen molar-refractivity contribution >= 4 is 27.7 Å². The van der Waals surface area contributed by atoms with Crippen LogP contribution in [0.25, 0.3) is 0 Å². The molecule has 0 fully saturated rings. The predicted molar refractivity (Wildman–Crippen MR) is 85.7 cm³/mol. The lowest BCUT2D eigenvalue weighted by Gasteiger charge is -2.06. The van der Waals surface area contributed by atoms with Crippen molar-refractivity contribution in [3.63, 3.8) is 0 Å². The Morgan fingerprint density at radius 1 is 1.21 bits per heavy atom. The van der Waals surface area contributed by atoms with Crippen LogP contribution in [0.1, 0.15) is 30.8 Å². The zero-order valence-corrected chi connectivity index (χ0v) is 14.0. The normalized spacial score (nSPS) is 10.9. The molecular weight excluding hydrogens is 320 g/mol. The number of rotatable bonds is 5. The molecule has 2 rings (SSSR count). The van der Waals surface area contributed by atoms with E-state index in [0.29, 0.717) is 0 Å². The van der Waals surface area contributed by atoms with Crippen LogP contribution >= 0.6 is 27.7 Å². The summed E-state index contributed by atoms with van der Waals surface area (Å²) in [7, 11) is 0. The Bertz CT molecular complexity index is 546. The lowest BCUT2D eigenvalue weighted by molar-refractivity contribution is 0.627. The fourth-order valence-electron chi connectivity index (χ4n) is 1.94. The molecule has 0 bridgehead atoms. The van der Waals surface area contributed by atoms with Crippen molar-refractivity contribution in [2.45, 2.75) is 44.4 Å². The second-order valence-electron chi connectivity index (χ2n) is 4.48. The highest BCUT2D eigenvalue weighted by molar-refractivity contribution is 9.10. The molecule has 0 spiro atoms. The predicted octanol–water partition coefficient (Wildman–Crippen LogP) is 4.83. The smallest absolute Gasteiger partial charge is 0.0767 e. The monoisotopic (exact) mass is 338 g/mol. The first-order valence-electron chi connectivity index (χ1n) is 6.59. The zero-order valence-electron chi connectivity index (χ0n) is 11.6. The number of aryl methyl sites for hydroxylation is 3. The van der Waals surface area contributed by atoms with Crippen molar-refractivity contribution in [2.75, 3.05) is 0 Å². The molecule has 0 aliphatic heterocycles. The van der Waals surface area contributed by atoms with Crippen LogP contribution < -0.4 is 0 Å². The maximum atomic E-state index is 4.63. The summed E-state index contributed by atoms with van der Waals surface area (Å²) in [6, 6.07) is 8.68. The lowest BCUT2D eigenvalue weighted by atomic mass is 10.2. The van der Waals surface area contributed by atoms with Gasteiger partial charge in [0.25, 0.3) is 0 Å². The highest BCUT2D eigenvalue weighted by Crippen LogP contribution is 2.29. The van der Waals surface area contributed by atoms with Crippen molar-refractivity contribution in [1.82, 2.24) is 9.78 Å². The molecule has 0 amide bonds. The molecule has 0 aliphatic rings. The standard InChI is InChI=1S/C15H19BrN2S/c1-4-13-15(16)14(18(5-2)17-13)10-19-12-8-6-11(3)7-9-12/h6-9H,4-5,10H2,1-3H3. The van der Waals surface area contributed by atoms with Crippen LogP contribution in [0.5, 0.6) is 0 Å². The largest absolute Gasteiger partial charge is 0.268 e. The molecule has 1 aromatic carbocycles. The third kappa shape index (κ3) is 3.42. The molecule has 102 valence electrons. The van der Waals surface area contributed by atoms with Gasteiger partial charge in [0.15, 0.2) is 0 Å². The molecule has 19 heavy (non-hydrogen) atoms. The summed E-state index contributed by atoms with van der Waals surface area (Å²) in [5.74, 6) is 0.949. The molecule has 0 radical (unpaired) electrons.